The molecule has 2 nitrogen and oxygen atoms in total. The second kappa shape index (κ2) is 6.07. The molecule has 17 heavy (non-hydrogen) atoms. The first-order chi connectivity index (χ1) is 7.93. The highest BCUT2D eigenvalue weighted by Crippen LogP contribution is 2.13. The number of nitrogens with zero attached hydrogens (tertiary/aromatic N) is 1. The SMILES string of the molecule is CCN(Cc1cc(F)cc(C(N)=S)c1)C(C)C. The number of hydrogen-bond donors (Lipinski definition) is 1. The number of rotatable bonds is 5. The van der Waals surface area contributed by atoms with Crippen LogP contribution in [-0.4, -0.2) is 22.5 Å². The van der Waals surface area contributed by atoms with Crippen LogP contribution in [0.5, 0.6) is 0 Å². The maximum atomic E-state index is 13.4. The van der Waals surface area contributed by atoms with Crippen LogP contribution in [0.25, 0.3) is 0 Å². The van der Waals surface area contributed by atoms with Gasteiger partial charge in [0.2, 0.25) is 0 Å². The van der Waals surface area contributed by atoms with Crippen LogP contribution in [0.1, 0.15) is 31.9 Å². The maximum Gasteiger partial charge on any atom is 0.124 e. The molecule has 1 aromatic carbocycles. The Morgan fingerprint density at radius 2 is 2.06 bits per heavy atom. The Morgan fingerprint density at radius 1 is 1.41 bits per heavy atom. The first kappa shape index (κ1) is 14.1. The van der Waals surface area contributed by atoms with Crippen molar-refractivity contribution in [2.75, 3.05) is 6.54 Å². The van der Waals surface area contributed by atoms with E-state index in [1.807, 2.05) is 6.07 Å². The number of thiocarbonyl (C=S) groups is 1. The third-order valence-corrected chi connectivity index (χ3v) is 3.00. The zero-order valence-electron chi connectivity index (χ0n) is 10.5. The molecule has 0 aliphatic heterocycles. The average Bonchev–Trinajstić information content (AvgIpc) is 2.24. The van der Waals surface area contributed by atoms with Gasteiger partial charge in [-0.1, -0.05) is 19.1 Å². The smallest absolute Gasteiger partial charge is 0.124 e. The second-order valence-electron chi connectivity index (χ2n) is 4.37. The lowest BCUT2D eigenvalue weighted by molar-refractivity contribution is 0.224. The number of hydrogen-bond acceptors (Lipinski definition) is 2. The molecule has 0 aromatic heterocycles. The topological polar surface area (TPSA) is 29.3 Å². The zero-order valence-corrected chi connectivity index (χ0v) is 11.4. The Balaban J connectivity index is 2.94. The van der Waals surface area contributed by atoms with Gasteiger partial charge in [-0.15, -0.1) is 0 Å². The molecule has 0 amide bonds. The summed E-state index contributed by atoms with van der Waals surface area (Å²) < 4.78 is 13.4. The van der Waals surface area contributed by atoms with Crippen molar-refractivity contribution in [1.29, 1.82) is 0 Å². The molecule has 0 saturated carbocycles. The van der Waals surface area contributed by atoms with Crippen LogP contribution in [0.15, 0.2) is 18.2 Å². The third kappa shape index (κ3) is 4.06. The lowest BCUT2D eigenvalue weighted by Gasteiger charge is -2.25. The normalized spacial score (nSPS) is 11.2. The highest BCUT2D eigenvalue weighted by atomic mass is 32.1. The Hall–Kier alpha value is -1.00. The molecule has 0 spiro atoms. The predicted octanol–water partition coefficient (Wildman–Crippen LogP) is 2.69. The van der Waals surface area contributed by atoms with Gasteiger partial charge in [0.25, 0.3) is 0 Å². The lowest BCUT2D eigenvalue weighted by atomic mass is 10.1. The van der Waals surface area contributed by atoms with Crippen molar-refractivity contribution < 1.29 is 4.39 Å². The van der Waals surface area contributed by atoms with E-state index >= 15 is 0 Å². The predicted molar refractivity (Wildman–Crippen MR) is 73.5 cm³/mol. The highest BCUT2D eigenvalue weighted by Gasteiger charge is 2.10. The van der Waals surface area contributed by atoms with Gasteiger partial charge in [0.05, 0.1) is 0 Å². The highest BCUT2D eigenvalue weighted by molar-refractivity contribution is 7.80. The molecule has 1 aromatic rings. The van der Waals surface area contributed by atoms with Crippen LogP contribution >= 0.6 is 12.2 Å². The van der Waals surface area contributed by atoms with Gasteiger partial charge in [-0.05, 0) is 44.2 Å². The molecular formula is C13H19FN2S. The van der Waals surface area contributed by atoms with Gasteiger partial charge in [0, 0.05) is 18.2 Å². The van der Waals surface area contributed by atoms with E-state index in [1.165, 1.54) is 12.1 Å². The maximum absolute atomic E-state index is 13.4. The average molecular weight is 254 g/mol. The van der Waals surface area contributed by atoms with Gasteiger partial charge in [-0.3, -0.25) is 4.90 Å². The summed E-state index contributed by atoms with van der Waals surface area (Å²) in [7, 11) is 0. The van der Waals surface area contributed by atoms with Crippen LogP contribution in [0.3, 0.4) is 0 Å². The van der Waals surface area contributed by atoms with Crippen molar-refractivity contribution in [2.45, 2.75) is 33.4 Å². The first-order valence-electron chi connectivity index (χ1n) is 5.77. The molecule has 0 heterocycles. The summed E-state index contributed by atoms with van der Waals surface area (Å²) in [4.78, 5) is 2.48. The van der Waals surface area contributed by atoms with E-state index in [4.69, 9.17) is 18.0 Å². The molecule has 1 rings (SSSR count). The number of benzene rings is 1. The van der Waals surface area contributed by atoms with Crippen LogP contribution in [0, 0.1) is 5.82 Å². The van der Waals surface area contributed by atoms with Crippen molar-refractivity contribution in [3.63, 3.8) is 0 Å². The van der Waals surface area contributed by atoms with Crippen molar-refractivity contribution in [3.8, 4) is 0 Å². The van der Waals surface area contributed by atoms with Crippen LogP contribution in [0.4, 0.5) is 4.39 Å². The van der Waals surface area contributed by atoms with E-state index in [9.17, 15) is 4.39 Å². The molecular weight excluding hydrogens is 235 g/mol. The lowest BCUT2D eigenvalue weighted by Crippen LogP contribution is -2.30. The van der Waals surface area contributed by atoms with Gasteiger partial charge in [-0.25, -0.2) is 4.39 Å². The largest absolute Gasteiger partial charge is 0.389 e. The molecule has 0 atom stereocenters. The van der Waals surface area contributed by atoms with Crippen LogP contribution in [0.2, 0.25) is 0 Å². The standard InChI is InChI=1S/C13H19FN2S/c1-4-16(9(2)3)8-10-5-11(13(15)17)7-12(14)6-10/h5-7,9H,4,8H2,1-3H3,(H2,15,17). The molecule has 0 saturated heterocycles. The molecule has 0 aliphatic carbocycles. The van der Waals surface area contributed by atoms with Gasteiger partial charge in [0.15, 0.2) is 0 Å². The molecule has 0 fully saturated rings. The summed E-state index contributed by atoms with van der Waals surface area (Å²) in [5.74, 6) is -0.287. The van der Waals surface area contributed by atoms with Gasteiger partial charge in [-0.2, -0.15) is 0 Å². The molecule has 0 aliphatic rings. The van der Waals surface area contributed by atoms with Crippen LogP contribution in [-0.2, 0) is 6.54 Å². The Morgan fingerprint density at radius 3 is 2.53 bits per heavy atom. The van der Waals surface area contributed by atoms with Crippen molar-refractivity contribution in [2.24, 2.45) is 5.73 Å². The minimum absolute atomic E-state index is 0.235. The monoisotopic (exact) mass is 254 g/mol. The Kier molecular flexibility index (Phi) is 5.02. The summed E-state index contributed by atoms with van der Waals surface area (Å²) >= 11 is 4.87. The molecule has 2 N–H and O–H groups in total. The van der Waals surface area contributed by atoms with Crippen molar-refractivity contribution >= 4 is 17.2 Å². The van der Waals surface area contributed by atoms with E-state index in [1.54, 1.807) is 0 Å². The summed E-state index contributed by atoms with van der Waals surface area (Å²) in [5, 5.41) is 0. The van der Waals surface area contributed by atoms with Crippen LogP contribution < -0.4 is 5.73 Å². The fraction of sp³-hybridized carbons (Fsp3) is 0.462. The molecule has 94 valence electrons. The summed E-state index contributed by atoms with van der Waals surface area (Å²) in [5.41, 5.74) is 7.02. The second-order valence-corrected chi connectivity index (χ2v) is 4.81. The van der Waals surface area contributed by atoms with Crippen molar-refractivity contribution in [1.82, 2.24) is 4.90 Å². The van der Waals surface area contributed by atoms with E-state index in [0.717, 1.165) is 12.1 Å². The van der Waals surface area contributed by atoms with E-state index < -0.39 is 0 Å². The fourth-order valence-corrected chi connectivity index (χ4v) is 1.90. The number of halogens is 1. The van der Waals surface area contributed by atoms with E-state index in [2.05, 4.69) is 25.7 Å². The minimum Gasteiger partial charge on any atom is -0.389 e. The number of nitrogens with two attached hydrogens (primary N) is 1. The summed E-state index contributed by atoms with van der Waals surface area (Å²) in [6, 6.07) is 5.19. The fourth-order valence-electron chi connectivity index (χ4n) is 1.78. The summed E-state index contributed by atoms with van der Waals surface area (Å²) in [6.07, 6.45) is 0. The van der Waals surface area contributed by atoms with Gasteiger partial charge < -0.3 is 5.73 Å². The minimum atomic E-state index is -0.287. The van der Waals surface area contributed by atoms with E-state index in [0.29, 0.717) is 18.2 Å². The quantitative estimate of drug-likeness (QED) is 0.819. The van der Waals surface area contributed by atoms with Crippen molar-refractivity contribution in [3.05, 3.63) is 35.1 Å². The molecule has 0 unspecified atom stereocenters. The molecule has 0 radical (unpaired) electrons. The zero-order chi connectivity index (χ0) is 13.0. The Labute approximate surface area is 108 Å². The van der Waals surface area contributed by atoms with Gasteiger partial charge in [0.1, 0.15) is 10.8 Å². The summed E-state index contributed by atoms with van der Waals surface area (Å²) in [6.45, 7) is 7.97. The van der Waals surface area contributed by atoms with E-state index in [-0.39, 0.29) is 10.8 Å². The first-order valence-corrected chi connectivity index (χ1v) is 6.18. The van der Waals surface area contributed by atoms with Gasteiger partial charge >= 0.3 is 0 Å². The molecule has 4 heteroatoms. The molecule has 0 bridgehead atoms. The Bertz CT molecular complexity index is 404. The third-order valence-electron chi connectivity index (χ3n) is 2.76.